The number of phenolic OH excluding ortho intramolecular Hbond substituents is 1. The van der Waals surface area contributed by atoms with Crippen LogP contribution in [0.1, 0.15) is 12.5 Å². The molecule has 2 aliphatic heterocycles. The Hall–Kier alpha value is -2.10. The van der Waals surface area contributed by atoms with Crippen molar-refractivity contribution < 1.29 is 19.4 Å². The van der Waals surface area contributed by atoms with Crippen LogP contribution in [0.2, 0.25) is 0 Å². The monoisotopic (exact) mass is 320 g/mol. The number of rotatable bonds is 2. The second-order valence-corrected chi connectivity index (χ2v) is 5.58. The van der Waals surface area contributed by atoms with E-state index in [0.717, 1.165) is 0 Å². The van der Waals surface area contributed by atoms with E-state index in [0.29, 0.717) is 17.1 Å². The second kappa shape index (κ2) is 4.97. The van der Waals surface area contributed by atoms with Crippen molar-refractivity contribution in [2.75, 3.05) is 6.61 Å². The first-order valence-electron chi connectivity index (χ1n) is 6.77. The molecule has 2 fully saturated rings. The largest absolute Gasteiger partial charge is 0.508 e. The molecule has 8 nitrogen and oxygen atoms in total. The molecule has 2 aromatic rings. The van der Waals surface area contributed by atoms with Gasteiger partial charge in [0.1, 0.15) is 11.9 Å². The predicted octanol–water partition coefficient (Wildman–Crippen LogP) is 0.759. The summed E-state index contributed by atoms with van der Waals surface area (Å²) in [6, 6.07) is 6.13. The number of fused-ring (bicyclic) bond motifs is 2. The summed E-state index contributed by atoms with van der Waals surface area (Å²) in [4.78, 5) is 11.9. The molecule has 1 N–H and O–H groups in total. The Morgan fingerprint density at radius 3 is 2.82 bits per heavy atom. The highest BCUT2D eigenvalue weighted by atomic mass is 32.1. The third-order valence-electron chi connectivity index (χ3n) is 3.82. The number of carbonyl (C=O) groups excluding carboxylic acids is 1. The summed E-state index contributed by atoms with van der Waals surface area (Å²) in [7, 11) is 0. The minimum Gasteiger partial charge on any atom is -0.508 e. The zero-order valence-electron chi connectivity index (χ0n) is 11.3. The Morgan fingerprint density at radius 1 is 1.27 bits per heavy atom. The molecule has 3 atom stereocenters. The molecular formula is C13H12N4O4S. The minimum atomic E-state index is -0.748. The molecule has 1 aromatic carbocycles. The van der Waals surface area contributed by atoms with Gasteiger partial charge in [-0.05, 0) is 46.9 Å². The van der Waals surface area contributed by atoms with Crippen LogP contribution in [0.3, 0.4) is 0 Å². The average molecular weight is 320 g/mol. The van der Waals surface area contributed by atoms with Crippen LogP contribution in [0.4, 0.5) is 0 Å². The molecule has 0 unspecified atom stereocenters. The van der Waals surface area contributed by atoms with E-state index in [2.05, 4.69) is 10.4 Å². The molecule has 2 saturated heterocycles. The fraction of sp³-hybridized carbons (Fsp3) is 0.385. The van der Waals surface area contributed by atoms with Gasteiger partial charge in [-0.1, -0.05) is 0 Å². The molecule has 2 bridgehead atoms. The van der Waals surface area contributed by atoms with Crippen LogP contribution in [-0.4, -0.2) is 49.7 Å². The molecule has 0 amide bonds. The first-order valence-corrected chi connectivity index (χ1v) is 7.18. The maximum absolute atomic E-state index is 11.9. The zero-order valence-corrected chi connectivity index (χ0v) is 12.1. The van der Waals surface area contributed by atoms with Crippen molar-refractivity contribution in [1.29, 1.82) is 0 Å². The molecule has 2 aliphatic rings. The number of nitrogens with zero attached hydrogens (tertiary/aromatic N) is 4. The molecule has 0 aliphatic carbocycles. The normalized spacial score (nSPS) is 27.3. The van der Waals surface area contributed by atoms with Gasteiger partial charge in [-0.15, -0.1) is 0 Å². The number of aromatic nitrogens is 4. The van der Waals surface area contributed by atoms with Crippen molar-refractivity contribution in [3.8, 4) is 11.4 Å². The number of ether oxygens (including phenoxy) is 2. The molecule has 0 radical (unpaired) electrons. The summed E-state index contributed by atoms with van der Waals surface area (Å²) in [5.74, 6) is 0.0444. The highest BCUT2D eigenvalue weighted by Gasteiger charge is 2.45. The predicted molar refractivity (Wildman–Crippen MR) is 75.1 cm³/mol. The van der Waals surface area contributed by atoms with Crippen molar-refractivity contribution in [2.24, 2.45) is 0 Å². The van der Waals surface area contributed by atoms with Gasteiger partial charge in [0.15, 0.2) is 5.78 Å². The lowest BCUT2D eigenvalue weighted by atomic mass is 10.0. The fourth-order valence-electron chi connectivity index (χ4n) is 2.69. The number of hydrogen-bond acceptors (Lipinski definition) is 7. The van der Waals surface area contributed by atoms with Crippen molar-refractivity contribution in [3.63, 3.8) is 0 Å². The lowest BCUT2D eigenvalue weighted by Gasteiger charge is -2.25. The van der Waals surface area contributed by atoms with E-state index in [4.69, 9.17) is 21.7 Å². The standard InChI is InChI=1S/C13H12N4O4S/c18-8-3-1-7(2-4-8)16-13(22)17(15-14-16)9-5-10(19)12-20-6-11(9)21-12/h1-4,9,11-12,18H,5-6H2/t9-,11+,12+/m0/s1. The molecule has 9 heteroatoms. The van der Waals surface area contributed by atoms with E-state index in [1.165, 1.54) is 9.36 Å². The van der Waals surface area contributed by atoms with Crippen molar-refractivity contribution in [1.82, 2.24) is 19.8 Å². The molecule has 0 saturated carbocycles. The Morgan fingerprint density at radius 2 is 2.05 bits per heavy atom. The van der Waals surface area contributed by atoms with Gasteiger partial charge in [0.05, 0.1) is 18.3 Å². The van der Waals surface area contributed by atoms with Gasteiger partial charge in [-0.25, -0.2) is 4.68 Å². The van der Waals surface area contributed by atoms with Crippen LogP contribution in [0.5, 0.6) is 5.75 Å². The van der Waals surface area contributed by atoms with Gasteiger partial charge in [0.25, 0.3) is 0 Å². The highest BCUT2D eigenvalue weighted by molar-refractivity contribution is 7.71. The number of carbonyl (C=O) groups is 1. The molecule has 22 heavy (non-hydrogen) atoms. The second-order valence-electron chi connectivity index (χ2n) is 5.21. The third kappa shape index (κ3) is 2.05. The summed E-state index contributed by atoms with van der Waals surface area (Å²) >= 11 is 5.40. The summed E-state index contributed by atoms with van der Waals surface area (Å²) in [6.07, 6.45) is -0.736. The van der Waals surface area contributed by atoms with Crippen LogP contribution >= 0.6 is 12.2 Å². The lowest BCUT2D eigenvalue weighted by molar-refractivity contribution is -0.156. The van der Waals surface area contributed by atoms with Crippen LogP contribution < -0.4 is 0 Å². The number of hydrogen-bond donors (Lipinski definition) is 1. The Balaban J connectivity index is 1.71. The number of Topliss-reactive ketones (excluding diaryl/α,β-unsaturated/α-hetero) is 1. The van der Waals surface area contributed by atoms with Crippen LogP contribution in [0, 0.1) is 4.77 Å². The van der Waals surface area contributed by atoms with Crippen molar-refractivity contribution >= 4 is 18.0 Å². The van der Waals surface area contributed by atoms with E-state index in [1.54, 1.807) is 24.3 Å². The van der Waals surface area contributed by atoms with E-state index < -0.39 is 6.29 Å². The smallest absolute Gasteiger partial charge is 0.221 e. The SMILES string of the molecule is O=C1C[C@H](n2nnn(-c3ccc(O)cc3)c2=S)[C@H]2CO[C@@H]1O2. The Labute approximate surface area is 129 Å². The zero-order chi connectivity index (χ0) is 15.3. The average Bonchev–Trinajstić information content (AvgIpc) is 3.10. The molecule has 114 valence electrons. The number of ketones is 1. The number of aromatic hydroxyl groups is 1. The van der Waals surface area contributed by atoms with E-state index >= 15 is 0 Å². The van der Waals surface area contributed by atoms with Crippen LogP contribution in [0.15, 0.2) is 24.3 Å². The van der Waals surface area contributed by atoms with Gasteiger partial charge in [-0.3, -0.25) is 4.79 Å². The van der Waals surface area contributed by atoms with Gasteiger partial charge < -0.3 is 14.6 Å². The van der Waals surface area contributed by atoms with Gasteiger partial charge >= 0.3 is 0 Å². The summed E-state index contributed by atoms with van der Waals surface area (Å²) in [6.45, 7) is 0.342. The molecule has 1 aromatic heterocycles. The van der Waals surface area contributed by atoms with E-state index in [1.807, 2.05) is 0 Å². The maximum Gasteiger partial charge on any atom is 0.221 e. The number of phenols is 1. The minimum absolute atomic E-state index is 0.111. The van der Waals surface area contributed by atoms with Crippen molar-refractivity contribution in [2.45, 2.75) is 24.9 Å². The Bertz CT molecular complexity index is 784. The third-order valence-corrected chi connectivity index (χ3v) is 4.18. The highest BCUT2D eigenvalue weighted by Crippen LogP contribution is 2.32. The number of tetrazole rings is 1. The lowest BCUT2D eigenvalue weighted by Crippen LogP contribution is -2.37. The maximum atomic E-state index is 11.9. The summed E-state index contributed by atoms with van der Waals surface area (Å²) in [5.41, 5.74) is 0.678. The Kier molecular flexibility index (Phi) is 3.06. The molecule has 3 heterocycles. The summed E-state index contributed by atoms with van der Waals surface area (Å²) < 4.78 is 14.2. The first kappa shape index (κ1) is 13.6. The van der Waals surface area contributed by atoms with Gasteiger partial charge in [-0.2, -0.15) is 4.68 Å². The first-order chi connectivity index (χ1) is 10.6. The fourth-order valence-corrected chi connectivity index (χ4v) is 3.00. The van der Waals surface area contributed by atoms with Gasteiger partial charge in [0.2, 0.25) is 11.1 Å². The number of benzene rings is 1. The molecular weight excluding hydrogens is 308 g/mol. The quantitative estimate of drug-likeness (QED) is 0.817. The van der Waals surface area contributed by atoms with Crippen molar-refractivity contribution in [3.05, 3.63) is 29.0 Å². The summed E-state index contributed by atoms with van der Waals surface area (Å²) in [5, 5.41) is 17.4. The topological polar surface area (TPSA) is 91.4 Å². The molecule has 0 spiro atoms. The van der Waals surface area contributed by atoms with Gasteiger partial charge in [0, 0.05) is 6.42 Å². The molecule has 4 rings (SSSR count). The van der Waals surface area contributed by atoms with E-state index in [-0.39, 0.29) is 30.1 Å². The van der Waals surface area contributed by atoms with Crippen LogP contribution in [-0.2, 0) is 14.3 Å². The van der Waals surface area contributed by atoms with E-state index in [9.17, 15) is 9.90 Å². The van der Waals surface area contributed by atoms with Crippen LogP contribution in [0.25, 0.3) is 5.69 Å².